The third kappa shape index (κ3) is 4.09. The number of nitrogens with one attached hydrogen (secondary N) is 2. The average Bonchev–Trinajstić information content (AvgIpc) is 3.37. The van der Waals surface area contributed by atoms with Gasteiger partial charge in [-0.25, -0.2) is 9.78 Å². The van der Waals surface area contributed by atoms with Gasteiger partial charge in [-0.2, -0.15) is 0 Å². The Balaban J connectivity index is 1.39. The number of aromatic nitrogens is 4. The van der Waals surface area contributed by atoms with Gasteiger partial charge in [0.25, 0.3) is 11.5 Å². The maximum Gasteiger partial charge on any atom is 0.329 e. The first-order chi connectivity index (χ1) is 16.0. The van der Waals surface area contributed by atoms with Gasteiger partial charge in [0.2, 0.25) is 0 Å². The number of halogens is 1. The summed E-state index contributed by atoms with van der Waals surface area (Å²) in [6.07, 6.45) is 5.22. The number of aromatic amines is 2. The summed E-state index contributed by atoms with van der Waals surface area (Å²) in [4.78, 5) is 49.6. The summed E-state index contributed by atoms with van der Waals surface area (Å²) in [5, 5.41) is 0.803. The van der Waals surface area contributed by atoms with Crippen molar-refractivity contribution in [2.24, 2.45) is 0 Å². The predicted molar refractivity (Wildman–Crippen MR) is 126 cm³/mol. The monoisotopic (exact) mass is 463 g/mol. The number of fused-ring (bicyclic) bond motifs is 1. The van der Waals surface area contributed by atoms with E-state index in [4.69, 9.17) is 11.6 Å². The molecule has 0 bridgehead atoms. The van der Waals surface area contributed by atoms with E-state index >= 15 is 0 Å². The van der Waals surface area contributed by atoms with E-state index < -0.39 is 11.2 Å². The molecule has 1 aliphatic rings. The summed E-state index contributed by atoms with van der Waals surface area (Å²) in [7, 11) is 0. The molecule has 33 heavy (non-hydrogen) atoms. The van der Waals surface area contributed by atoms with Crippen molar-refractivity contribution >= 4 is 28.4 Å². The SMILES string of the molecule is O=C(c1cc(Cn2c(=O)[nH]c(=O)c3ccccc32)ccc1Cl)N1CCC(c2ncc[nH]2)CC1. The number of hydrogen-bond acceptors (Lipinski definition) is 4. The molecule has 1 fully saturated rings. The normalized spacial score (nSPS) is 14.6. The highest BCUT2D eigenvalue weighted by molar-refractivity contribution is 6.33. The number of carbonyl (C=O) groups excluding carboxylic acids is 1. The molecule has 0 aliphatic carbocycles. The first kappa shape index (κ1) is 21.2. The van der Waals surface area contributed by atoms with E-state index in [2.05, 4.69) is 15.0 Å². The second-order valence-electron chi connectivity index (χ2n) is 8.22. The van der Waals surface area contributed by atoms with Crippen LogP contribution in [0.2, 0.25) is 5.02 Å². The Labute approximate surface area is 193 Å². The standard InChI is InChI=1S/C24H22ClN5O3/c25-19-6-5-15(14-30-20-4-2-1-3-17(20)22(31)28-24(30)33)13-18(19)23(32)29-11-7-16(8-12-29)21-26-9-10-27-21/h1-6,9-10,13,16H,7-8,11-12,14H2,(H,26,27)(H,28,31,33). The van der Waals surface area contributed by atoms with Crippen LogP contribution < -0.4 is 11.2 Å². The van der Waals surface area contributed by atoms with E-state index in [0.717, 1.165) is 24.2 Å². The Morgan fingerprint density at radius 1 is 1.12 bits per heavy atom. The van der Waals surface area contributed by atoms with Gasteiger partial charge in [-0.05, 0) is 42.7 Å². The lowest BCUT2D eigenvalue weighted by Gasteiger charge is -2.31. The number of amides is 1. The van der Waals surface area contributed by atoms with Gasteiger partial charge in [-0.3, -0.25) is 19.1 Å². The quantitative estimate of drug-likeness (QED) is 0.485. The molecule has 2 aromatic heterocycles. The fourth-order valence-corrected chi connectivity index (χ4v) is 4.64. The minimum atomic E-state index is -0.499. The van der Waals surface area contributed by atoms with Crippen molar-refractivity contribution in [1.82, 2.24) is 24.4 Å². The van der Waals surface area contributed by atoms with Crippen molar-refractivity contribution in [3.8, 4) is 0 Å². The van der Waals surface area contributed by atoms with E-state index in [-0.39, 0.29) is 12.5 Å². The van der Waals surface area contributed by atoms with Crippen LogP contribution in [0.4, 0.5) is 0 Å². The second kappa shape index (κ2) is 8.71. The lowest BCUT2D eigenvalue weighted by atomic mass is 9.95. The van der Waals surface area contributed by atoms with E-state index in [9.17, 15) is 14.4 Å². The van der Waals surface area contributed by atoms with E-state index in [1.807, 2.05) is 11.1 Å². The summed E-state index contributed by atoms with van der Waals surface area (Å²) in [5.41, 5.74) is 0.771. The lowest BCUT2D eigenvalue weighted by Crippen LogP contribution is -2.38. The van der Waals surface area contributed by atoms with Crippen molar-refractivity contribution in [3.05, 3.63) is 97.7 Å². The Bertz CT molecular complexity index is 1430. The molecule has 2 aromatic carbocycles. The van der Waals surface area contributed by atoms with Gasteiger partial charge < -0.3 is 9.88 Å². The molecular formula is C24H22ClN5O3. The summed E-state index contributed by atoms with van der Waals surface area (Å²) < 4.78 is 1.49. The molecule has 2 N–H and O–H groups in total. The molecule has 0 unspecified atom stereocenters. The second-order valence-corrected chi connectivity index (χ2v) is 8.62. The zero-order valence-electron chi connectivity index (χ0n) is 17.8. The summed E-state index contributed by atoms with van der Waals surface area (Å²) in [6, 6.07) is 12.1. The molecule has 3 heterocycles. The average molecular weight is 464 g/mol. The molecule has 1 saturated heterocycles. The number of benzene rings is 2. The van der Waals surface area contributed by atoms with Crippen LogP contribution in [0.15, 0.2) is 64.4 Å². The highest BCUT2D eigenvalue weighted by Crippen LogP contribution is 2.28. The van der Waals surface area contributed by atoms with E-state index in [1.54, 1.807) is 48.7 Å². The number of likely N-dealkylation sites (tertiary alicyclic amines) is 1. The molecular weight excluding hydrogens is 442 g/mol. The fourth-order valence-electron chi connectivity index (χ4n) is 4.44. The van der Waals surface area contributed by atoms with Gasteiger partial charge in [0.15, 0.2) is 0 Å². The van der Waals surface area contributed by atoms with Crippen LogP contribution >= 0.6 is 11.6 Å². The van der Waals surface area contributed by atoms with Gasteiger partial charge in [-0.1, -0.05) is 29.8 Å². The van der Waals surface area contributed by atoms with Gasteiger partial charge in [0.05, 0.1) is 28.0 Å². The van der Waals surface area contributed by atoms with Gasteiger partial charge in [-0.15, -0.1) is 0 Å². The molecule has 0 spiro atoms. The molecule has 9 heteroatoms. The third-order valence-electron chi connectivity index (χ3n) is 6.20. The summed E-state index contributed by atoms with van der Waals surface area (Å²) in [5.74, 6) is 1.14. The molecule has 0 radical (unpaired) electrons. The molecule has 1 amide bonds. The number of hydrogen-bond donors (Lipinski definition) is 2. The minimum Gasteiger partial charge on any atom is -0.348 e. The maximum absolute atomic E-state index is 13.2. The predicted octanol–water partition coefficient (Wildman–Crippen LogP) is 3.13. The van der Waals surface area contributed by atoms with Crippen LogP contribution in [0.1, 0.15) is 40.5 Å². The van der Waals surface area contributed by atoms with Crippen LogP contribution in [-0.2, 0) is 6.54 Å². The zero-order valence-corrected chi connectivity index (χ0v) is 18.5. The molecule has 1 aliphatic heterocycles. The number of H-pyrrole nitrogens is 2. The van der Waals surface area contributed by atoms with Crippen molar-refractivity contribution in [2.75, 3.05) is 13.1 Å². The molecule has 5 rings (SSSR count). The Morgan fingerprint density at radius 2 is 1.91 bits per heavy atom. The Kier molecular flexibility index (Phi) is 5.60. The largest absolute Gasteiger partial charge is 0.348 e. The highest BCUT2D eigenvalue weighted by atomic mass is 35.5. The molecule has 168 valence electrons. The Morgan fingerprint density at radius 3 is 2.67 bits per heavy atom. The van der Waals surface area contributed by atoms with E-state index in [1.165, 1.54) is 4.57 Å². The lowest BCUT2D eigenvalue weighted by molar-refractivity contribution is 0.0711. The van der Waals surface area contributed by atoms with Gasteiger partial charge in [0.1, 0.15) is 5.82 Å². The molecule has 0 saturated carbocycles. The van der Waals surface area contributed by atoms with Gasteiger partial charge in [0, 0.05) is 31.4 Å². The topological polar surface area (TPSA) is 104 Å². The van der Waals surface area contributed by atoms with Crippen LogP contribution in [0.5, 0.6) is 0 Å². The van der Waals surface area contributed by atoms with E-state index in [0.29, 0.717) is 40.5 Å². The summed E-state index contributed by atoms with van der Waals surface area (Å²) in [6.45, 7) is 1.44. The van der Waals surface area contributed by atoms with Crippen molar-refractivity contribution in [2.45, 2.75) is 25.3 Å². The van der Waals surface area contributed by atoms with Crippen molar-refractivity contribution in [3.63, 3.8) is 0 Å². The number of para-hydroxylation sites is 1. The highest BCUT2D eigenvalue weighted by Gasteiger charge is 2.27. The van der Waals surface area contributed by atoms with Crippen molar-refractivity contribution in [1.29, 1.82) is 0 Å². The Hall–Kier alpha value is -3.65. The van der Waals surface area contributed by atoms with Crippen LogP contribution in [-0.4, -0.2) is 43.4 Å². The fraction of sp³-hybridized carbons (Fsp3) is 0.250. The van der Waals surface area contributed by atoms with Crippen molar-refractivity contribution < 1.29 is 4.79 Å². The smallest absolute Gasteiger partial charge is 0.329 e. The maximum atomic E-state index is 13.2. The number of rotatable bonds is 4. The molecule has 0 atom stereocenters. The number of imidazole rings is 1. The molecule has 8 nitrogen and oxygen atoms in total. The minimum absolute atomic E-state index is 0.126. The number of carbonyl (C=O) groups is 1. The van der Waals surface area contributed by atoms with Crippen LogP contribution in [0.25, 0.3) is 10.9 Å². The van der Waals surface area contributed by atoms with Gasteiger partial charge >= 0.3 is 5.69 Å². The zero-order chi connectivity index (χ0) is 22.9. The number of nitrogens with zero attached hydrogens (tertiary/aromatic N) is 3. The van der Waals surface area contributed by atoms with Crippen LogP contribution in [0, 0.1) is 0 Å². The summed E-state index contributed by atoms with van der Waals surface area (Å²) >= 11 is 6.39. The third-order valence-corrected chi connectivity index (χ3v) is 6.52. The first-order valence-electron chi connectivity index (χ1n) is 10.8. The molecule has 4 aromatic rings. The number of piperidine rings is 1. The van der Waals surface area contributed by atoms with Crippen LogP contribution in [0.3, 0.4) is 0 Å². The first-order valence-corrected chi connectivity index (χ1v) is 11.2.